The van der Waals surface area contributed by atoms with Gasteiger partial charge in [0.15, 0.2) is 0 Å². The first-order valence-electron chi connectivity index (χ1n) is 5.21. The summed E-state index contributed by atoms with van der Waals surface area (Å²) in [6.07, 6.45) is 0. The van der Waals surface area contributed by atoms with Crippen LogP contribution in [0.2, 0.25) is 5.02 Å². The van der Waals surface area contributed by atoms with Gasteiger partial charge in [-0.25, -0.2) is 0 Å². The van der Waals surface area contributed by atoms with Gasteiger partial charge in [0.05, 0.1) is 17.1 Å². The van der Waals surface area contributed by atoms with Gasteiger partial charge in [-0.15, -0.1) is 0 Å². The molecule has 0 amide bonds. The number of halogens is 1. The summed E-state index contributed by atoms with van der Waals surface area (Å²) in [7, 11) is 1.53. The van der Waals surface area contributed by atoms with E-state index in [0.717, 1.165) is 0 Å². The van der Waals surface area contributed by atoms with Gasteiger partial charge in [0.1, 0.15) is 5.75 Å². The standard InChI is InChI=1S/C13H10ClNO3/c1-18-12-7-3-6-11(13(12)14)9-4-2-5-10(8-9)15(16)17/h2-8H,1H3. The Hall–Kier alpha value is -2.07. The van der Waals surface area contributed by atoms with Crippen LogP contribution in [0, 0.1) is 10.1 Å². The molecule has 0 aliphatic rings. The third-order valence-electron chi connectivity index (χ3n) is 2.55. The molecule has 2 rings (SSSR count). The molecule has 92 valence electrons. The van der Waals surface area contributed by atoms with Gasteiger partial charge in [0.2, 0.25) is 0 Å². The third kappa shape index (κ3) is 2.28. The van der Waals surface area contributed by atoms with Crippen molar-refractivity contribution >= 4 is 17.3 Å². The minimum atomic E-state index is -0.433. The highest BCUT2D eigenvalue weighted by atomic mass is 35.5. The first kappa shape index (κ1) is 12.4. The fourth-order valence-electron chi connectivity index (χ4n) is 1.68. The van der Waals surface area contributed by atoms with E-state index in [1.54, 1.807) is 30.3 Å². The summed E-state index contributed by atoms with van der Waals surface area (Å²) in [6.45, 7) is 0. The average molecular weight is 264 g/mol. The number of benzene rings is 2. The van der Waals surface area contributed by atoms with Gasteiger partial charge in [0, 0.05) is 17.7 Å². The van der Waals surface area contributed by atoms with Crippen LogP contribution in [0.1, 0.15) is 0 Å². The number of nitro groups is 1. The van der Waals surface area contributed by atoms with Crippen LogP contribution in [0.25, 0.3) is 11.1 Å². The maximum Gasteiger partial charge on any atom is 0.270 e. The van der Waals surface area contributed by atoms with E-state index in [1.165, 1.54) is 19.2 Å². The second-order valence-electron chi connectivity index (χ2n) is 3.63. The lowest BCUT2D eigenvalue weighted by Gasteiger charge is -2.08. The monoisotopic (exact) mass is 263 g/mol. The lowest BCUT2D eigenvalue weighted by atomic mass is 10.0. The molecule has 0 N–H and O–H groups in total. The van der Waals surface area contributed by atoms with Crippen LogP contribution in [-0.2, 0) is 0 Å². The molecule has 0 unspecified atom stereocenters. The number of ether oxygens (including phenoxy) is 1. The van der Waals surface area contributed by atoms with Gasteiger partial charge >= 0.3 is 0 Å². The number of methoxy groups -OCH3 is 1. The van der Waals surface area contributed by atoms with E-state index in [1.807, 2.05) is 0 Å². The molecular weight excluding hydrogens is 254 g/mol. The minimum absolute atomic E-state index is 0.0337. The molecule has 0 heterocycles. The predicted molar refractivity (Wildman–Crippen MR) is 70.1 cm³/mol. The summed E-state index contributed by atoms with van der Waals surface area (Å²) in [5, 5.41) is 11.2. The first-order valence-corrected chi connectivity index (χ1v) is 5.58. The van der Waals surface area contributed by atoms with Crippen LogP contribution in [0.3, 0.4) is 0 Å². The molecule has 0 aromatic heterocycles. The van der Waals surface area contributed by atoms with Crippen LogP contribution in [0.15, 0.2) is 42.5 Å². The number of hydrogen-bond acceptors (Lipinski definition) is 3. The highest BCUT2D eigenvalue weighted by molar-refractivity contribution is 6.34. The summed E-state index contributed by atoms with van der Waals surface area (Å²) in [6, 6.07) is 11.7. The van der Waals surface area contributed by atoms with Crippen LogP contribution >= 0.6 is 11.6 Å². The van der Waals surface area contributed by atoms with Crippen LogP contribution in [0.5, 0.6) is 5.75 Å². The Kier molecular flexibility index (Phi) is 3.48. The van der Waals surface area contributed by atoms with Crippen molar-refractivity contribution in [3.63, 3.8) is 0 Å². The normalized spacial score (nSPS) is 10.1. The second-order valence-corrected chi connectivity index (χ2v) is 4.01. The van der Waals surface area contributed by atoms with Crippen LogP contribution in [0.4, 0.5) is 5.69 Å². The summed E-state index contributed by atoms with van der Waals surface area (Å²) < 4.78 is 5.12. The van der Waals surface area contributed by atoms with Crippen molar-refractivity contribution < 1.29 is 9.66 Å². The van der Waals surface area contributed by atoms with E-state index in [2.05, 4.69) is 0 Å². The Morgan fingerprint density at radius 3 is 2.61 bits per heavy atom. The zero-order valence-corrected chi connectivity index (χ0v) is 10.3. The van der Waals surface area contributed by atoms with Gasteiger partial charge in [0.25, 0.3) is 5.69 Å². The first-order chi connectivity index (χ1) is 8.63. The molecule has 2 aromatic carbocycles. The minimum Gasteiger partial charge on any atom is -0.495 e. The topological polar surface area (TPSA) is 52.4 Å². The molecule has 0 saturated carbocycles. The fourth-order valence-corrected chi connectivity index (χ4v) is 1.99. The van der Waals surface area contributed by atoms with Crippen molar-refractivity contribution in [2.45, 2.75) is 0 Å². The van der Waals surface area contributed by atoms with Gasteiger partial charge in [-0.1, -0.05) is 35.9 Å². The van der Waals surface area contributed by atoms with Crippen molar-refractivity contribution in [3.05, 3.63) is 57.6 Å². The Morgan fingerprint density at radius 1 is 1.22 bits per heavy atom. The Bertz CT molecular complexity index is 599. The van der Waals surface area contributed by atoms with Gasteiger partial charge in [-0.05, 0) is 11.6 Å². The van der Waals surface area contributed by atoms with Crippen molar-refractivity contribution in [1.82, 2.24) is 0 Å². The maximum atomic E-state index is 10.7. The Labute approximate surface area is 109 Å². The molecule has 0 saturated heterocycles. The maximum absolute atomic E-state index is 10.7. The molecule has 2 aromatic rings. The van der Waals surface area contributed by atoms with E-state index in [-0.39, 0.29) is 5.69 Å². The van der Waals surface area contributed by atoms with E-state index in [0.29, 0.717) is 21.9 Å². The number of non-ortho nitro benzene ring substituents is 1. The third-order valence-corrected chi connectivity index (χ3v) is 2.94. The molecule has 4 nitrogen and oxygen atoms in total. The zero-order valence-electron chi connectivity index (χ0n) is 9.59. The van der Waals surface area contributed by atoms with Crippen molar-refractivity contribution in [2.75, 3.05) is 7.11 Å². The molecule has 0 bridgehead atoms. The molecule has 0 radical (unpaired) electrons. The molecule has 0 spiro atoms. The molecule has 0 aliphatic carbocycles. The predicted octanol–water partition coefficient (Wildman–Crippen LogP) is 3.92. The number of nitrogens with zero attached hydrogens (tertiary/aromatic N) is 1. The number of rotatable bonds is 3. The molecule has 0 aliphatic heterocycles. The molecule has 5 heteroatoms. The summed E-state index contributed by atoms with van der Waals surface area (Å²) >= 11 is 6.18. The van der Waals surface area contributed by atoms with Crippen molar-refractivity contribution in [2.24, 2.45) is 0 Å². The molecule has 0 fully saturated rings. The van der Waals surface area contributed by atoms with Gasteiger partial charge in [-0.3, -0.25) is 10.1 Å². The molecule has 18 heavy (non-hydrogen) atoms. The smallest absolute Gasteiger partial charge is 0.270 e. The Morgan fingerprint density at radius 2 is 1.94 bits per heavy atom. The quantitative estimate of drug-likeness (QED) is 0.623. The van der Waals surface area contributed by atoms with E-state index in [4.69, 9.17) is 16.3 Å². The van der Waals surface area contributed by atoms with Gasteiger partial charge in [-0.2, -0.15) is 0 Å². The summed E-state index contributed by atoms with van der Waals surface area (Å²) in [4.78, 5) is 10.3. The molecule has 0 atom stereocenters. The average Bonchev–Trinajstić information content (AvgIpc) is 2.39. The highest BCUT2D eigenvalue weighted by Crippen LogP contribution is 2.35. The van der Waals surface area contributed by atoms with E-state index >= 15 is 0 Å². The SMILES string of the molecule is COc1cccc(-c2cccc([N+](=O)[O-])c2)c1Cl. The summed E-state index contributed by atoms with van der Waals surface area (Å²) in [5.41, 5.74) is 1.43. The largest absolute Gasteiger partial charge is 0.495 e. The van der Waals surface area contributed by atoms with Crippen LogP contribution < -0.4 is 4.74 Å². The second kappa shape index (κ2) is 5.06. The number of nitro benzene ring substituents is 1. The Balaban J connectivity index is 2.55. The van der Waals surface area contributed by atoms with Crippen LogP contribution in [-0.4, -0.2) is 12.0 Å². The van der Waals surface area contributed by atoms with Crippen molar-refractivity contribution in [1.29, 1.82) is 0 Å². The van der Waals surface area contributed by atoms with E-state index < -0.39 is 4.92 Å². The molecular formula is C13H10ClNO3. The zero-order chi connectivity index (χ0) is 13.1. The van der Waals surface area contributed by atoms with Crippen molar-refractivity contribution in [3.8, 4) is 16.9 Å². The van der Waals surface area contributed by atoms with Gasteiger partial charge < -0.3 is 4.74 Å². The highest BCUT2D eigenvalue weighted by Gasteiger charge is 2.11. The number of hydrogen-bond donors (Lipinski definition) is 0. The lowest BCUT2D eigenvalue weighted by molar-refractivity contribution is -0.384. The van der Waals surface area contributed by atoms with E-state index in [9.17, 15) is 10.1 Å². The fraction of sp³-hybridized carbons (Fsp3) is 0.0769. The summed E-state index contributed by atoms with van der Waals surface area (Å²) in [5.74, 6) is 0.542. The lowest BCUT2D eigenvalue weighted by Crippen LogP contribution is -1.90.